The van der Waals surface area contributed by atoms with Gasteiger partial charge in [0.25, 0.3) is 0 Å². The molecule has 0 unspecified atom stereocenters. The van der Waals surface area contributed by atoms with Gasteiger partial charge in [-0.3, -0.25) is 4.79 Å². The van der Waals surface area contributed by atoms with Gasteiger partial charge in [0.15, 0.2) is 25.2 Å². The first-order chi connectivity index (χ1) is 35.7. The zero-order valence-electron chi connectivity index (χ0n) is 44.4. The number of carbonyl (C=O) groups excluding carboxylic acids is 1. The van der Waals surface area contributed by atoms with Crippen molar-refractivity contribution < 1.29 is 114 Å². The van der Waals surface area contributed by atoms with Crippen molar-refractivity contribution >= 4 is 5.97 Å². The number of allylic oxidation sites excluding steroid dienone is 2. The third-order valence-corrected chi connectivity index (χ3v) is 21.7. The number of aliphatic hydroxyl groups excluding tert-OH is 13. The van der Waals surface area contributed by atoms with Gasteiger partial charge >= 0.3 is 5.97 Å². The zero-order valence-corrected chi connectivity index (χ0v) is 44.4. The number of rotatable bonds is 11. The number of carbonyl (C=O) groups is 1. The largest absolute Gasteiger partial charge is 0.461 e. The second-order valence-electron chi connectivity index (χ2n) is 25.8. The molecule has 5 aliphatic carbocycles. The molecule has 2 bridgehead atoms. The van der Waals surface area contributed by atoms with E-state index in [0.29, 0.717) is 32.1 Å². The molecule has 13 N–H and O–H groups in total. The van der Waals surface area contributed by atoms with Gasteiger partial charge in [-0.2, -0.15) is 0 Å². The van der Waals surface area contributed by atoms with E-state index < -0.39 is 177 Å². The minimum absolute atomic E-state index is 0.0750. The molecule has 0 aromatic heterocycles. The average Bonchev–Trinajstić information content (AvgIpc) is 3.63. The molecule has 9 fully saturated rings. The molecule has 5 heterocycles. The van der Waals surface area contributed by atoms with Crippen molar-refractivity contribution in [2.45, 2.75) is 235 Å². The Bertz CT molecular complexity index is 2150. The number of aliphatic hydroxyl groups is 13. The predicted octanol–water partition coefficient (Wildman–Crippen LogP) is -2.41. The van der Waals surface area contributed by atoms with Crippen molar-refractivity contribution in [3.63, 3.8) is 0 Å². The summed E-state index contributed by atoms with van der Waals surface area (Å²) < 4.78 is 54.9. The van der Waals surface area contributed by atoms with E-state index in [1.807, 2.05) is 6.92 Å². The molecular formula is C53H84O23. The van der Waals surface area contributed by atoms with Gasteiger partial charge in [0.05, 0.1) is 55.6 Å². The molecule has 10 aliphatic rings. The van der Waals surface area contributed by atoms with Crippen molar-refractivity contribution in [2.75, 3.05) is 26.4 Å². The summed E-state index contributed by atoms with van der Waals surface area (Å²) in [6.07, 6.45) is -26.0. The topological polar surface area (TPSA) is 363 Å². The standard InChI is InChI=1S/C53H84O23/c1-21-32(58)36(62)39(65)43(69-21)76-42-38(64)34(60)25(18-55)71-46(42)72-26-19-68-45(41(35(26)61)75-44-40(66)37(63)33(59)24(17-54)70-44)73-30-11-12-50(5)27(48(30,2)3)10-13-51(6)28(50)9-8-22-23-14-49(4)16-31(74-47(49)67)53(23,20-56)29(57)15-52(22,51)7/h8,21,23-46,54-66H,9-20H2,1-7H3/t21-,23-,24+,25+,26-,27-,28+,29+,30-,31+,32-,33+,34+,35-,36+,37-,38-,39+,40+,41+,42+,43-,44-,45-,46-,49+,50-,51+,52+,53-/m0/s1. The third-order valence-electron chi connectivity index (χ3n) is 21.7. The van der Waals surface area contributed by atoms with Crippen molar-refractivity contribution in [2.24, 2.45) is 50.2 Å². The fourth-order valence-corrected chi connectivity index (χ4v) is 16.9. The lowest BCUT2D eigenvalue weighted by molar-refractivity contribution is -0.394. The molecule has 0 radical (unpaired) electrons. The fraction of sp³-hybridized carbons (Fsp3) is 0.943. The van der Waals surface area contributed by atoms with Crippen molar-refractivity contribution in [3.8, 4) is 0 Å². The summed E-state index contributed by atoms with van der Waals surface area (Å²) in [6.45, 7) is 12.3. The van der Waals surface area contributed by atoms with Crippen molar-refractivity contribution in [1.82, 2.24) is 0 Å². The van der Waals surface area contributed by atoms with E-state index in [9.17, 15) is 71.2 Å². The van der Waals surface area contributed by atoms with Gasteiger partial charge < -0.3 is 109 Å². The quantitative estimate of drug-likeness (QED) is 0.0582. The molecular weight excluding hydrogens is 1000 g/mol. The molecule has 0 spiro atoms. The van der Waals surface area contributed by atoms with E-state index in [2.05, 4.69) is 40.7 Å². The maximum absolute atomic E-state index is 13.3. The van der Waals surface area contributed by atoms with Crippen LogP contribution in [0, 0.1) is 50.2 Å². The summed E-state index contributed by atoms with van der Waals surface area (Å²) in [5, 5.41) is 142. The number of hydrogen-bond donors (Lipinski definition) is 13. The van der Waals surface area contributed by atoms with Crippen LogP contribution in [0.5, 0.6) is 0 Å². The fourth-order valence-electron chi connectivity index (χ4n) is 16.9. The second kappa shape index (κ2) is 20.4. The van der Waals surface area contributed by atoms with Gasteiger partial charge in [-0.1, -0.05) is 46.3 Å². The first-order valence-corrected chi connectivity index (χ1v) is 27.4. The second-order valence-corrected chi connectivity index (χ2v) is 25.8. The van der Waals surface area contributed by atoms with Crippen LogP contribution >= 0.6 is 0 Å². The van der Waals surface area contributed by atoms with Crippen LogP contribution in [0.4, 0.5) is 0 Å². The predicted molar refractivity (Wildman–Crippen MR) is 256 cm³/mol. The SMILES string of the molecule is C[C@@H]1O[C@@H](O[C@H]2[C@H](O[C@H]3CO[C@@H](O[C@H]4CC[C@]5(C)[C@H]6CC=C7[C@@H]8C[C@]9(C)C[C@@H](OC9=O)[C@]8(CO)[C@H](O)C[C@@]7(C)[C@]6(C)CC[C@H]5C4(C)C)[C@H](O[C@@H]4O[C@H](CO)[C@@H](O)[C@H](O)[C@H]4O)[C@H]3O)O[C@H](CO)[C@@H](O)[C@@H]2O)[C@H](O)[C@H](O)[C@H]1O. The Labute approximate surface area is 441 Å². The molecule has 30 atom stereocenters. The Morgan fingerprint density at radius 3 is 1.87 bits per heavy atom. The van der Waals surface area contributed by atoms with Crippen molar-refractivity contribution in [3.05, 3.63) is 11.6 Å². The van der Waals surface area contributed by atoms with Crippen LogP contribution in [0.1, 0.15) is 99.8 Å². The Morgan fingerprint density at radius 2 is 1.22 bits per heavy atom. The molecule has 23 nitrogen and oxygen atoms in total. The molecule has 434 valence electrons. The normalized spacial score (nSPS) is 56.8. The van der Waals surface area contributed by atoms with E-state index >= 15 is 0 Å². The van der Waals surface area contributed by atoms with Crippen LogP contribution in [0.3, 0.4) is 0 Å². The highest BCUT2D eigenvalue weighted by atomic mass is 16.8. The summed E-state index contributed by atoms with van der Waals surface area (Å²) >= 11 is 0. The molecule has 76 heavy (non-hydrogen) atoms. The van der Waals surface area contributed by atoms with E-state index in [-0.39, 0.29) is 41.2 Å². The Kier molecular flexibility index (Phi) is 15.4. The summed E-state index contributed by atoms with van der Waals surface area (Å²) in [7, 11) is 0. The molecule has 0 aromatic rings. The van der Waals surface area contributed by atoms with Gasteiger partial charge in [-0.15, -0.1) is 0 Å². The molecule has 0 aromatic carbocycles. The van der Waals surface area contributed by atoms with E-state index in [1.54, 1.807) is 0 Å². The Morgan fingerprint density at radius 1 is 0.618 bits per heavy atom. The van der Waals surface area contributed by atoms with E-state index in [4.69, 9.17) is 42.6 Å². The number of esters is 1. The molecule has 10 rings (SSSR count). The first kappa shape index (κ1) is 57.6. The van der Waals surface area contributed by atoms with Crippen LogP contribution in [0.15, 0.2) is 11.6 Å². The van der Waals surface area contributed by atoms with E-state index in [1.165, 1.54) is 12.5 Å². The number of fused-ring (bicyclic) bond motifs is 10. The van der Waals surface area contributed by atoms with Gasteiger partial charge in [0, 0.05) is 6.42 Å². The zero-order chi connectivity index (χ0) is 55.1. The maximum Gasteiger partial charge on any atom is 0.312 e. The molecule has 0 amide bonds. The molecule has 23 heteroatoms. The van der Waals surface area contributed by atoms with Crippen LogP contribution in [-0.4, -0.2) is 234 Å². The highest BCUT2D eigenvalue weighted by molar-refractivity contribution is 5.79. The lowest BCUT2D eigenvalue weighted by Gasteiger charge is -2.72. The molecule has 5 aliphatic heterocycles. The maximum atomic E-state index is 13.3. The highest BCUT2D eigenvalue weighted by Gasteiger charge is 2.74. The average molecular weight is 1090 g/mol. The van der Waals surface area contributed by atoms with Crippen LogP contribution in [-0.2, 0) is 47.4 Å². The summed E-state index contributed by atoms with van der Waals surface area (Å²) in [4.78, 5) is 13.3. The lowest BCUT2D eigenvalue weighted by Crippen LogP contribution is -2.69. The van der Waals surface area contributed by atoms with Gasteiger partial charge in [0.2, 0.25) is 0 Å². The van der Waals surface area contributed by atoms with E-state index in [0.717, 1.165) is 19.3 Å². The monoisotopic (exact) mass is 1090 g/mol. The minimum Gasteiger partial charge on any atom is -0.461 e. The summed E-state index contributed by atoms with van der Waals surface area (Å²) in [5.41, 5.74) is -2.02. The summed E-state index contributed by atoms with van der Waals surface area (Å²) in [6, 6.07) is 0. The highest BCUT2D eigenvalue weighted by Crippen LogP contribution is 2.76. The Hall–Kier alpha value is -1.63. The first-order valence-electron chi connectivity index (χ1n) is 27.4. The summed E-state index contributed by atoms with van der Waals surface area (Å²) in [5.74, 6) is -0.264. The van der Waals surface area contributed by atoms with Crippen LogP contribution in [0.25, 0.3) is 0 Å². The Balaban J connectivity index is 0.908. The smallest absolute Gasteiger partial charge is 0.312 e. The third kappa shape index (κ3) is 8.57. The number of ether oxygens (including phenoxy) is 9. The van der Waals surface area contributed by atoms with Gasteiger partial charge in [-0.05, 0) is 98.2 Å². The molecule has 5 saturated heterocycles. The van der Waals surface area contributed by atoms with Crippen LogP contribution < -0.4 is 0 Å². The van der Waals surface area contributed by atoms with Gasteiger partial charge in [0.1, 0.15) is 91.6 Å². The van der Waals surface area contributed by atoms with Gasteiger partial charge in [-0.25, -0.2) is 0 Å². The minimum atomic E-state index is -1.90. The van der Waals surface area contributed by atoms with Crippen LogP contribution in [0.2, 0.25) is 0 Å². The number of hydrogen-bond acceptors (Lipinski definition) is 23. The molecule has 4 saturated carbocycles. The lowest BCUT2D eigenvalue weighted by atomic mass is 9.33. The van der Waals surface area contributed by atoms with Crippen molar-refractivity contribution in [1.29, 1.82) is 0 Å².